The van der Waals surface area contributed by atoms with E-state index in [9.17, 15) is 4.79 Å². The lowest BCUT2D eigenvalue weighted by Gasteiger charge is -2.17. The molecule has 1 N–H and O–H groups in total. The Hall–Kier alpha value is -2.54. The summed E-state index contributed by atoms with van der Waals surface area (Å²) in [7, 11) is 0. The van der Waals surface area contributed by atoms with Crippen molar-refractivity contribution in [3.8, 4) is 5.69 Å². The Kier molecular flexibility index (Phi) is 5.00. The van der Waals surface area contributed by atoms with Crippen molar-refractivity contribution in [1.82, 2.24) is 25.5 Å². The molecule has 2 aromatic carbocycles. The van der Waals surface area contributed by atoms with Crippen LogP contribution in [-0.4, -0.2) is 26.1 Å². The van der Waals surface area contributed by atoms with E-state index in [-0.39, 0.29) is 11.9 Å². The van der Waals surface area contributed by atoms with E-state index in [4.69, 9.17) is 0 Å². The lowest BCUT2D eigenvalue weighted by molar-refractivity contribution is 0.0935. The number of tetrazole rings is 1. The average Bonchev–Trinajstić information content (AvgIpc) is 3.15. The standard InChI is InChI=1S/C17H16BrN5O/c1-2-16(12-3-7-14(18)8-4-12)20-17(24)13-5-9-15(10-6-13)23-11-19-21-22-23/h3-11,16H,2H2,1H3,(H,20,24)/t16-/m0/s1. The normalized spacial score (nSPS) is 11.9. The maximum Gasteiger partial charge on any atom is 0.251 e. The van der Waals surface area contributed by atoms with Crippen LogP contribution < -0.4 is 5.32 Å². The van der Waals surface area contributed by atoms with Gasteiger partial charge in [-0.1, -0.05) is 35.0 Å². The molecule has 0 bridgehead atoms. The van der Waals surface area contributed by atoms with Crippen LogP contribution in [0.5, 0.6) is 0 Å². The molecule has 0 saturated heterocycles. The highest BCUT2D eigenvalue weighted by Crippen LogP contribution is 2.20. The van der Waals surface area contributed by atoms with E-state index in [1.165, 1.54) is 6.33 Å². The Morgan fingerprint density at radius 1 is 1.17 bits per heavy atom. The van der Waals surface area contributed by atoms with Crippen molar-refractivity contribution in [3.05, 3.63) is 70.5 Å². The molecule has 3 rings (SSSR count). The van der Waals surface area contributed by atoms with E-state index >= 15 is 0 Å². The van der Waals surface area contributed by atoms with E-state index in [0.29, 0.717) is 5.56 Å². The van der Waals surface area contributed by atoms with Crippen LogP contribution in [0.25, 0.3) is 5.69 Å². The zero-order valence-electron chi connectivity index (χ0n) is 13.1. The zero-order valence-corrected chi connectivity index (χ0v) is 14.6. The molecule has 6 nitrogen and oxygen atoms in total. The number of benzene rings is 2. The van der Waals surface area contributed by atoms with Crippen molar-refractivity contribution >= 4 is 21.8 Å². The number of halogens is 1. The predicted octanol–water partition coefficient (Wildman–Crippen LogP) is 3.31. The number of hydrogen-bond donors (Lipinski definition) is 1. The highest BCUT2D eigenvalue weighted by atomic mass is 79.9. The first-order chi connectivity index (χ1) is 11.7. The molecule has 0 aliphatic carbocycles. The second-order valence-electron chi connectivity index (χ2n) is 5.29. The van der Waals surface area contributed by atoms with Gasteiger partial charge >= 0.3 is 0 Å². The fraction of sp³-hybridized carbons (Fsp3) is 0.176. The summed E-state index contributed by atoms with van der Waals surface area (Å²) in [6.07, 6.45) is 2.33. The van der Waals surface area contributed by atoms with Gasteiger partial charge in [0.1, 0.15) is 6.33 Å². The first kappa shape index (κ1) is 16.3. The van der Waals surface area contributed by atoms with Crippen LogP contribution in [0.3, 0.4) is 0 Å². The van der Waals surface area contributed by atoms with Gasteiger partial charge in [-0.3, -0.25) is 4.79 Å². The van der Waals surface area contributed by atoms with Crippen molar-refractivity contribution < 1.29 is 4.79 Å². The quantitative estimate of drug-likeness (QED) is 0.730. The smallest absolute Gasteiger partial charge is 0.251 e. The molecule has 0 unspecified atom stereocenters. The highest BCUT2D eigenvalue weighted by Gasteiger charge is 2.14. The van der Waals surface area contributed by atoms with Crippen molar-refractivity contribution in [1.29, 1.82) is 0 Å². The van der Waals surface area contributed by atoms with Crippen LogP contribution in [0, 0.1) is 0 Å². The molecular weight excluding hydrogens is 370 g/mol. The summed E-state index contributed by atoms with van der Waals surface area (Å²) in [5.41, 5.74) is 2.48. The van der Waals surface area contributed by atoms with Crippen LogP contribution in [-0.2, 0) is 0 Å². The Balaban J connectivity index is 1.72. The van der Waals surface area contributed by atoms with Gasteiger partial charge in [-0.15, -0.1) is 5.10 Å². The summed E-state index contributed by atoms with van der Waals surface area (Å²) in [4.78, 5) is 12.5. The molecule has 7 heteroatoms. The molecule has 0 aliphatic heterocycles. The summed E-state index contributed by atoms with van der Waals surface area (Å²) in [5.74, 6) is -0.104. The van der Waals surface area contributed by atoms with Crippen molar-refractivity contribution in [2.24, 2.45) is 0 Å². The van der Waals surface area contributed by atoms with E-state index in [2.05, 4.69) is 36.8 Å². The van der Waals surface area contributed by atoms with Crippen LogP contribution in [0.1, 0.15) is 35.3 Å². The molecule has 1 heterocycles. The summed E-state index contributed by atoms with van der Waals surface area (Å²) in [5, 5.41) is 14.1. The number of hydrogen-bond acceptors (Lipinski definition) is 4. The van der Waals surface area contributed by atoms with Crippen LogP contribution >= 0.6 is 15.9 Å². The first-order valence-electron chi connectivity index (χ1n) is 7.57. The van der Waals surface area contributed by atoms with Gasteiger partial charge in [0.15, 0.2) is 0 Å². The second kappa shape index (κ2) is 7.35. The third-order valence-corrected chi connectivity index (χ3v) is 4.26. The number of nitrogens with zero attached hydrogens (tertiary/aromatic N) is 4. The Labute approximate surface area is 148 Å². The van der Waals surface area contributed by atoms with E-state index in [0.717, 1.165) is 22.1 Å². The maximum absolute atomic E-state index is 12.5. The van der Waals surface area contributed by atoms with Gasteiger partial charge in [0, 0.05) is 10.0 Å². The molecule has 1 atom stereocenters. The van der Waals surface area contributed by atoms with Gasteiger partial charge in [0.05, 0.1) is 11.7 Å². The molecule has 0 aliphatic rings. The average molecular weight is 386 g/mol. The number of carbonyl (C=O) groups excluding carboxylic acids is 1. The topological polar surface area (TPSA) is 72.7 Å². The third kappa shape index (κ3) is 3.68. The maximum atomic E-state index is 12.5. The summed E-state index contributed by atoms with van der Waals surface area (Å²) in [6.45, 7) is 2.05. The Morgan fingerprint density at radius 3 is 2.46 bits per heavy atom. The Bertz CT molecular complexity index is 800. The summed E-state index contributed by atoms with van der Waals surface area (Å²) < 4.78 is 2.56. The van der Waals surface area contributed by atoms with Gasteiger partial charge in [0.25, 0.3) is 5.91 Å². The summed E-state index contributed by atoms with van der Waals surface area (Å²) in [6, 6.07) is 15.1. The molecule has 0 radical (unpaired) electrons. The first-order valence-corrected chi connectivity index (χ1v) is 8.36. The number of carbonyl (C=O) groups is 1. The van der Waals surface area contributed by atoms with Crippen LogP contribution in [0.2, 0.25) is 0 Å². The molecule has 24 heavy (non-hydrogen) atoms. The SMILES string of the molecule is CC[C@H](NC(=O)c1ccc(-n2cnnn2)cc1)c1ccc(Br)cc1. The zero-order chi connectivity index (χ0) is 16.9. The van der Waals surface area contributed by atoms with E-state index in [1.54, 1.807) is 16.8 Å². The van der Waals surface area contributed by atoms with Crippen LogP contribution in [0.15, 0.2) is 59.3 Å². The lowest BCUT2D eigenvalue weighted by atomic mass is 10.0. The van der Waals surface area contributed by atoms with Gasteiger partial charge in [-0.25, -0.2) is 4.68 Å². The van der Waals surface area contributed by atoms with Gasteiger partial charge in [0.2, 0.25) is 0 Å². The minimum absolute atomic E-state index is 0.0233. The molecule has 3 aromatic rings. The van der Waals surface area contributed by atoms with Crippen molar-refractivity contribution in [2.75, 3.05) is 0 Å². The van der Waals surface area contributed by atoms with Gasteiger partial charge in [-0.2, -0.15) is 0 Å². The molecular formula is C17H16BrN5O. The van der Waals surface area contributed by atoms with Crippen molar-refractivity contribution in [3.63, 3.8) is 0 Å². The largest absolute Gasteiger partial charge is 0.345 e. The van der Waals surface area contributed by atoms with Gasteiger partial charge < -0.3 is 5.32 Å². The summed E-state index contributed by atoms with van der Waals surface area (Å²) >= 11 is 3.42. The van der Waals surface area contributed by atoms with Gasteiger partial charge in [-0.05, 0) is 58.8 Å². The number of rotatable bonds is 5. The minimum Gasteiger partial charge on any atom is -0.345 e. The molecule has 0 spiro atoms. The highest BCUT2D eigenvalue weighted by molar-refractivity contribution is 9.10. The fourth-order valence-corrected chi connectivity index (χ4v) is 2.67. The van der Waals surface area contributed by atoms with E-state index < -0.39 is 0 Å². The molecule has 0 saturated carbocycles. The number of amides is 1. The monoisotopic (exact) mass is 385 g/mol. The second-order valence-corrected chi connectivity index (χ2v) is 6.20. The molecule has 1 amide bonds. The molecule has 122 valence electrons. The van der Waals surface area contributed by atoms with Crippen molar-refractivity contribution in [2.45, 2.75) is 19.4 Å². The molecule has 0 fully saturated rings. The minimum atomic E-state index is -0.104. The van der Waals surface area contributed by atoms with E-state index in [1.807, 2.05) is 43.3 Å². The fourth-order valence-electron chi connectivity index (χ4n) is 2.40. The Morgan fingerprint density at radius 2 is 1.88 bits per heavy atom. The number of aromatic nitrogens is 4. The van der Waals surface area contributed by atoms with Crippen LogP contribution in [0.4, 0.5) is 0 Å². The number of nitrogens with one attached hydrogen (secondary N) is 1. The molecule has 1 aromatic heterocycles. The predicted molar refractivity (Wildman–Crippen MR) is 93.8 cm³/mol. The lowest BCUT2D eigenvalue weighted by Crippen LogP contribution is -2.28. The third-order valence-electron chi connectivity index (χ3n) is 3.73.